The summed E-state index contributed by atoms with van der Waals surface area (Å²) in [5.74, 6) is 1.48. The van der Waals surface area contributed by atoms with E-state index in [0.29, 0.717) is 24.9 Å². The van der Waals surface area contributed by atoms with Crippen LogP contribution in [0.4, 0.5) is 5.69 Å². The number of hydrogen-bond acceptors (Lipinski definition) is 5. The van der Waals surface area contributed by atoms with Crippen LogP contribution in [0, 0.1) is 0 Å². The van der Waals surface area contributed by atoms with E-state index in [1.165, 1.54) is 0 Å². The van der Waals surface area contributed by atoms with E-state index in [1.54, 1.807) is 29.8 Å². The fourth-order valence-corrected chi connectivity index (χ4v) is 4.28. The number of anilines is 1. The summed E-state index contributed by atoms with van der Waals surface area (Å²) < 4.78 is 5.43. The van der Waals surface area contributed by atoms with Gasteiger partial charge in [0.1, 0.15) is 11.5 Å². The molecule has 0 unspecified atom stereocenters. The predicted molar refractivity (Wildman–Crippen MR) is 118 cm³/mol. The quantitative estimate of drug-likeness (QED) is 0.635. The zero-order chi connectivity index (χ0) is 20.9. The number of carbonyl (C=O) groups is 2. The second-order valence-corrected chi connectivity index (χ2v) is 8.37. The van der Waals surface area contributed by atoms with Crippen molar-refractivity contribution >= 4 is 29.3 Å². The third-order valence-corrected chi connectivity index (χ3v) is 6.05. The van der Waals surface area contributed by atoms with Crippen LogP contribution in [0.15, 0.2) is 64.0 Å². The summed E-state index contributed by atoms with van der Waals surface area (Å²) >= 11 is 1.63. The normalized spacial score (nSPS) is 13.3. The first-order chi connectivity index (χ1) is 14.6. The number of thioether (sulfide) groups is 1. The van der Waals surface area contributed by atoms with Gasteiger partial charge in [0.2, 0.25) is 5.91 Å². The molecule has 30 heavy (non-hydrogen) atoms. The van der Waals surface area contributed by atoms with Crippen LogP contribution < -0.4 is 5.32 Å². The average molecular weight is 422 g/mol. The van der Waals surface area contributed by atoms with Gasteiger partial charge in [-0.3, -0.25) is 9.59 Å². The molecule has 7 heteroatoms. The zero-order valence-electron chi connectivity index (χ0n) is 16.8. The Kier molecular flexibility index (Phi) is 6.18. The van der Waals surface area contributed by atoms with E-state index in [4.69, 9.17) is 4.52 Å². The number of fused-ring (bicyclic) bond motifs is 1. The lowest BCUT2D eigenvalue weighted by Crippen LogP contribution is -2.28. The molecule has 1 aliphatic rings. The molecule has 154 valence electrons. The molecular weight excluding hydrogens is 398 g/mol. The van der Waals surface area contributed by atoms with Crippen molar-refractivity contribution < 1.29 is 14.1 Å². The first kappa shape index (κ1) is 20.2. The van der Waals surface area contributed by atoms with Crippen molar-refractivity contribution in [3.8, 4) is 11.3 Å². The van der Waals surface area contributed by atoms with Gasteiger partial charge in [-0.1, -0.05) is 35.5 Å². The van der Waals surface area contributed by atoms with Gasteiger partial charge in [0.25, 0.3) is 5.91 Å². The maximum Gasteiger partial charge on any atom is 0.253 e. The van der Waals surface area contributed by atoms with Crippen LogP contribution in [-0.2, 0) is 11.2 Å². The maximum absolute atomic E-state index is 12.8. The summed E-state index contributed by atoms with van der Waals surface area (Å²) in [5.41, 5.74) is 3.13. The van der Waals surface area contributed by atoms with Crippen LogP contribution >= 0.6 is 11.8 Å². The van der Waals surface area contributed by atoms with Crippen molar-refractivity contribution in [1.82, 2.24) is 10.1 Å². The topological polar surface area (TPSA) is 75.4 Å². The molecule has 0 saturated carbocycles. The Morgan fingerprint density at radius 1 is 1.20 bits per heavy atom. The van der Waals surface area contributed by atoms with E-state index in [1.807, 2.05) is 48.5 Å². The second kappa shape index (κ2) is 9.17. The smallest absolute Gasteiger partial charge is 0.253 e. The maximum atomic E-state index is 12.8. The Hall–Kier alpha value is -3.06. The number of aryl methyl sites for hydroxylation is 1. The summed E-state index contributed by atoms with van der Waals surface area (Å²) in [4.78, 5) is 27.3. The minimum Gasteiger partial charge on any atom is -0.361 e. The monoisotopic (exact) mass is 421 g/mol. The molecule has 0 bridgehead atoms. The Bertz CT molecular complexity index is 1050. The number of carbonyl (C=O) groups excluding carboxylic acids is 2. The van der Waals surface area contributed by atoms with Crippen LogP contribution in [0.1, 0.15) is 29.0 Å². The number of hydrogen-bond donors (Lipinski definition) is 1. The van der Waals surface area contributed by atoms with E-state index in [0.717, 1.165) is 39.8 Å². The average Bonchev–Trinajstić information content (AvgIpc) is 3.15. The highest BCUT2D eigenvalue weighted by atomic mass is 32.2. The minimum atomic E-state index is -0.0659. The molecular formula is C23H23N3O3S. The van der Waals surface area contributed by atoms with Gasteiger partial charge in [-0.25, -0.2) is 0 Å². The van der Waals surface area contributed by atoms with Gasteiger partial charge in [0.15, 0.2) is 0 Å². The number of aromatic nitrogens is 1. The third kappa shape index (κ3) is 4.74. The molecule has 0 radical (unpaired) electrons. The van der Waals surface area contributed by atoms with Gasteiger partial charge in [-0.05, 0) is 24.6 Å². The van der Waals surface area contributed by atoms with Crippen molar-refractivity contribution in [2.45, 2.75) is 24.2 Å². The molecule has 1 N–H and O–H groups in total. The molecule has 6 nitrogen and oxygen atoms in total. The largest absolute Gasteiger partial charge is 0.361 e. The van der Waals surface area contributed by atoms with Crippen LogP contribution in [-0.4, -0.2) is 41.2 Å². The molecule has 1 aliphatic heterocycles. The van der Waals surface area contributed by atoms with E-state index >= 15 is 0 Å². The number of benzene rings is 2. The summed E-state index contributed by atoms with van der Waals surface area (Å²) in [6.07, 6.45) is 1.95. The lowest BCUT2D eigenvalue weighted by molar-refractivity contribution is -0.115. The van der Waals surface area contributed by atoms with Gasteiger partial charge in [-0.2, -0.15) is 0 Å². The second-order valence-electron chi connectivity index (χ2n) is 7.23. The van der Waals surface area contributed by atoms with E-state index < -0.39 is 0 Å². The summed E-state index contributed by atoms with van der Waals surface area (Å²) in [7, 11) is 1.79. The first-order valence-corrected chi connectivity index (χ1v) is 10.9. The lowest BCUT2D eigenvalue weighted by atomic mass is 10.1. The van der Waals surface area contributed by atoms with Gasteiger partial charge < -0.3 is 14.7 Å². The van der Waals surface area contributed by atoms with Crippen molar-refractivity contribution in [2.75, 3.05) is 24.7 Å². The van der Waals surface area contributed by atoms with Gasteiger partial charge in [-0.15, -0.1) is 11.8 Å². The molecule has 1 aromatic heterocycles. The molecule has 0 fully saturated rings. The number of nitrogens with one attached hydrogen (secondary N) is 1. The highest BCUT2D eigenvalue weighted by Crippen LogP contribution is 2.31. The summed E-state index contributed by atoms with van der Waals surface area (Å²) in [6, 6.07) is 17.3. The van der Waals surface area contributed by atoms with Crippen LogP contribution in [0.25, 0.3) is 11.3 Å². The Morgan fingerprint density at radius 3 is 2.87 bits per heavy atom. The number of nitrogens with zero attached hydrogens (tertiary/aromatic N) is 2. The molecule has 0 aliphatic carbocycles. The van der Waals surface area contributed by atoms with E-state index in [2.05, 4.69) is 10.5 Å². The lowest BCUT2D eigenvalue weighted by Gasteiger charge is -2.18. The SMILES string of the molecule is CN(CCCc1cc(-c2ccccc2)no1)C(=O)c1ccc2c(c1)NC(=O)CCS2. The van der Waals surface area contributed by atoms with Crippen molar-refractivity contribution in [1.29, 1.82) is 0 Å². The minimum absolute atomic E-state index is 0.0128. The molecule has 0 spiro atoms. The molecule has 2 aromatic carbocycles. The highest BCUT2D eigenvalue weighted by molar-refractivity contribution is 7.99. The van der Waals surface area contributed by atoms with Crippen LogP contribution in [0.5, 0.6) is 0 Å². The van der Waals surface area contributed by atoms with Crippen molar-refractivity contribution in [3.63, 3.8) is 0 Å². The Balaban J connectivity index is 1.33. The zero-order valence-corrected chi connectivity index (χ0v) is 17.6. The third-order valence-electron chi connectivity index (χ3n) is 4.98. The summed E-state index contributed by atoms with van der Waals surface area (Å²) in [5, 5.41) is 7.02. The standard InChI is InChI=1S/C23H23N3O3S/c1-26(12-5-8-18-15-19(25-29-18)16-6-3-2-4-7-16)23(28)17-9-10-21-20(14-17)24-22(27)11-13-30-21/h2-4,6-7,9-10,14-15H,5,8,11-13H2,1H3,(H,24,27). The van der Waals surface area contributed by atoms with Gasteiger partial charge in [0, 0.05) is 54.3 Å². The fourth-order valence-electron chi connectivity index (χ4n) is 3.34. The number of amides is 2. The van der Waals surface area contributed by atoms with Crippen molar-refractivity contribution in [3.05, 3.63) is 65.9 Å². The Labute approximate surface area is 179 Å². The molecule has 3 aromatic rings. The van der Waals surface area contributed by atoms with Crippen LogP contribution in [0.3, 0.4) is 0 Å². The van der Waals surface area contributed by atoms with E-state index in [-0.39, 0.29) is 11.8 Å². The fraction of sp³-hybridized carbons (Fsp3) is 0.261. The molecule has 0 atom stereocenters. The van der Waals surface area contributed by atoms with Crippen LogP contribution in [0.2, 0.25) is 0 Å². The molecule has 0 saturated heterocycles. The highest BCUT2D eigenvalue weighted by Gasteiger charge is 2.18. The molecule has 2 amide bonds. The van der Waals surface area contributed by atoms with Gasteiger partial charge >= 0.3 is 0 Å². The molecule has 4 rings (SSSR count). The van der Waals surface area contributed by atoms with Crippen molar-refractivity contribution in [2.24, 2.45) is 0 Å². The molecule has 2 heterocycles. The first-order valence-electron chi connectivity index (χ1n) is 9.93. The number of rotatable bonds is 6. The summed E-state index contributed by atoms with van der Waals surface area (Å²) in [6.45, 7) is 0.596. The predicted octanol–water partition coefficient (Wildman–Crippen LogP) is 4.48. The Morgan fingerprint density at radius 2 is 2.03 bits per heavy atom. The van der Waals surface area contributed by atoms with Gasteiger partial charge in [0.05, 0.1) is 5.69 Å². The van der Waals surface area contributed by atoms with E-state index in [9.17, 15) is 9.59 Å².